The van der Waals surface area contributed by atoms with Crippen molar-refractivity contribution in [3.05, 3.63) is 10.6 Å². The third-order valence-corrected chi connectivity index (χ3v) is 9.58. The van der Waals surface area contributed by atoms with E-state index in [0.717, 1.165) is 36.5 Å². The summed E-state index contributed by atoms with van der Waals surface area (Å²) in [5, 5.41) is 28.4. The van der Waals surface area contributed by atoms with Crippen LogP contribution in [0.1, 0.15) is 81.7 Å². The van der Waals surface area contributed by atoms with Crippen LogP contribution in [0.2, 0.25) is 0 Å². The molecule has 0 saturated heterocycles. The fourth-order valence-electron chi connectivity index (χ4n) is 6.47. The molecule has 30 heavy (non-hydrogen) atoms. The number of aliphatic hydroxyl groups is 2. The maximum atomic E-state index is 13.1. The lowest BCUT2D eigenvalue weighted by atomic mass is 9.47. The van der Waals surface area contributed by atoms with E-state index in [1.807, 2.05) is 14.0 Å². The molecule has 4 rings (SSSR count). The highest BCUT2D eigenvalue weighted by Gasteiger charge is 2.59. The Hall–Kier alpha value is -1.18. The third-order valence-electron chi connectivity index (χ3n) is 8.47. The zero-order chi connectivity index (χ0) is 21.5. The Bertz CT molecular complexity index is 778. The molecule has 7 heteroatoms. The molecule has 1 aromatic rings. The molecule has 168 valence electrons. The number of aromatic nitrogens is 1. The highest BCUT2D eigenvalue weighted by Crippen LogP contribution is 2.62. The van der Waals surface area contributed by atoms with Crippen molar-refractivity contribution in [1.82, 2.24) is 10.3 Å². The number of rotatable bonds is 5. The lowest BCUT2D eigenvalue weighted by Gasteiger charge is -2.58. The molecule has 1 aromatic heterocycles. The molecule has 0 spiro atoms. The highest BCUT2D eigenvalue weighted by atomic mass is 32.1. The molecule has 3 aliphatic carbocycles. The molecule has 0 aromatic carbocycles. The van der Waals surface area contributed by atoms with Crippen LogP contribution >= 0.6 is 11.3 Å². The van der Waals surface area contributed by atoms with Crippen molar-refractivity contribution in [1.29, 1.82) is 0 Å². The second kappa shape index (κ2) is 8.40. The van der Waals surface area contributed by atoms with E-state index in [1.165, 1.54) is 24.1 Å². The second-order valence-corrected chi connectivity index (χ2v) is 11.3. The Labute approximate surface area is 183 Å². The third kappa shape index (κ3) is 3.67. The van der Waals surface area contributed by atoms with Crippen LogP contribution in [0, 0.1) is 16.7 Å². The Morgan fingerprint density at radius 3 is 2.63 bits per heavy atom. The van der Waals surface area contributed by atoms with Gasteiger partial charge in [-0.15, -0.1) is 11.3 Å². The molecule has 2 saturated carbocycles. The van der Waals surface area contributed by atoms with E-state index in [4.69, 9.17) is 4.98 Å². The van der Waals surface area contributed by atoms with Gasteiger partial charge in [-0.05, 0) is 43.4 Å². The first-order chi connectivity index (χ1) is 14.3. The van der Waals surface area contributed by atoms with Crippen LogP contribution in [0.15, 0.2) is 0 Å². The first-order valence-corrected chi connectivity index (χ1v) is 12.4. The number of hydrogen-bond donors (Lipinski definition) is 4. The van der Waals surface area contributed by atoms with Gasteiger partial charge in [0.2, 0.25) is 5.91 Å². The summed E-state index contributed by atoms with van der Waals surface area (Å²) in [4.78, 5) is 19.2. The number of nitrogens with one attached hydrogen (secondary N) is 2. The second-order valence-electron chi connectivity index (χ2n) is 10.2. The number of amides is 1. The van der Waals surface area contributed by atoms with Crippen LogP contribution in [0.3, 0.4) is 0 Å². The number of thiazole rings is 1. The van der Waals surface area contributed by atoms with Crippen LogP contribution in [0.5, 0.6) is 0 Å². The minimum Gasteiger partial charge on any atom is -0.396 e. The van der Waals surface area contributed by atoms with Crippen LogP contribution in [0.25, 0.3) is 0 Å². The van der Waals surface area contributed by atoms with E-state index in [9.17, 15) is 15.0 Å². The Kier molecular flexibility index (Phi) is 6.17. The SMILES string of the molecule is CNc1nc2c(s1)C[C@@H]1[C@](C)(CO)[C@H](O)CC[C@@]1(C)[C@@H]2CC(=O)NC1CCCCC1. The van der Waals surface area contributed by atoms with Crippen molar-refractivity contribution in [2.24, 2.45) is 16.7 Å². The zero-order valence-corrected chi connectivity index (χ0v) is 19.4. The van der Waals surface area contributed by atoms with Gasteiger partial charge in [-0.1, -0.05) is 33.1 Å². The lowest BCUT2D eigenvalue weighted by Crippen LogP contribution is -2.57. The summed E-state index contributed by atoms with van der Waals surface area (Å²) in [6, 6.07) is 0.303. The van der Waals surface area contributed by atoms with Crippen molar-refractivity contribution >= 4 is 22.4 Å². The maximum absolute atomic E-state index is 13.1. The van der Waals surface area contributed by atoms with E-state index in [0.29, 0.717) is 18.9 Å². The number of carbonyl (C=O) groups is 1. The first-order valence-electron chi connectivity index (χ1n) is 11.6. The molecule has 0 aliphatic heterocycles. The molecule has 0 unspecified atom stereocenters. The van der Waals surface area contributed by atoms with E-state index < -0.39 is 11.5 Å². The summed E-state index contributed by atoms with van der Waals surface area (Å²) in [5.74, 6) is 0.242. The number of fused-ring (bicyclic) bond motifs is 2. The predicted octanol–water partition coefficient (Wildman–Crippen LogP) is 3.44. The van der Waals surface area contributed by atoms with E-state index in [2.05, 4.69) is 17.6 Å². The normalized spacial score (nSPS) is 36.6. The molecule has 2 fully saturated rings. The number of hydrogen-bond acceptors (Lipinski definition) is 6. The number of nitrogens with zero attached hydrogens (tertiary/aromatic N) is 1. The number of aliphatic hydroxyl groups excluding tert-OH is 2. The average molecular weight is 436 g/mol. The summed E-state index contributed by atoms with van der Waals surface area (Å²) < 4.78 is 0. The average Bonchev–Trinajstić information content (AvgIpc) is 3.16. The minimum atomic E-state index is -0.563. The largest absolute Gasteiger partial charge is 0.396 e. The van der Waals surface area contributed by atoms with Gasteiger partial charge in [-0.3, -0.25) is 4.79 Å². The van der Waals surface area contributed by atoms with Gasteiger partial charge in [0, 0.05) is 35.7 Å². The van der Waals surface area contributed by atoms with E-state index in [-0.39, 0.29) is 29.8 Å². The first kappa shape index (κ1) is 22.0. The van der Waals surface area contributed by atoms with Gasteiger partial charge in [0.05, 0.1) is 18.4 Å². The van der Waals surface area contributed by atoms with Gasteiger partial charge < -0.3 is 20.8 Å². The fourth-order valence-corrected chi connectivity index (χ4v) is 7.49. The van der Waals surface area contributed by atoms with Gasteiger partial charge in [0.25, 0.3) is 0 Å². The Morgan fingerprint density at radius 2 is 1.97 bits per heavy atom. The van der Waals surface area contributed by atoms with Crippen molar-refractivity contribution in [2.45, 2.75) is 89.7 Å². The van der Waals surface area contributed by atoms with Gasteiger partial charge in [-0.25, -0.2) is 4.98 Å². The molecular weight excluding hydrogens is 398 g/mol. The molecule has 5 atom stereocenters. The van der Waals surface area contributed by atoms with Crippen LogP contribution in [-0.2, 0) is 11.2 Å². The quantitative estimate of drug-likeness (QED) is 0.568. The highest BCUT2D eigenvalue weighted by molar-refractivity contribution is 7.15. The minimum absolute atomic E-state index is 0.00608. The lowest BCUT2D eigenvalue weighted by molar-refractivity contribution is -0.144. The van der Waals surface area contributed by atoms with Gasteiger partial charge in [0.15, 0.2) is 5.13 Å². The monoisotopic (exact) mass is 435 g/mol. The van der Waals surface area contributed by atoms with Crippen LogP contribution < -0.4 is 10.6 Å². The summed E-state index contributed by atoms with van der Waals surface area (Å²) in [7, 11) is 1.88. The predicted molar refractivity (Wildman–Crippen MR) is 120 cm³/mol. The smallest absolute Gasteiger partial charge is 0.220 e. The molecule has 3 aliphatic rings. The van der Waals surface area contributed by atoms with E-state index >= 15 is 0 Å². The number of anilines is 1. The Morgan fingerprint density at radius 1 is 1.23 bits per heavy atom. The summed E-state index contributed by atoms with van der Waals surface area (Å²) in [5.41, 5.74) is 0.317. The zero-order valence-electron chi connectivity index (χ0n) is 18.5. The maximum Gasteiger partial charge on any atom is 0.220 e. The molecule has 0 bridgehead atoms. The summed E-state index contributed by atoms with van der Waals surface area (Å²) in [6.45, 7) is 4.24. The topological polar surface area (TPSA) is 94.5 Å². The molecule has 4 N–H and O–H groups in total. The van der Waals surface area contributed by atoms with Crippen molar-refractivity contribution in [3.8, 4) is 0 Å². The fraction of sp³-hybridized carbons (Fsp3) is 0.826. The van der Waals surface area contributed by atoms with Crippen LogP contribution in [0.4, 0.5) is 5.13 Å². The van der Waals surface area contributed by atoms with E-state index in [1.54, 1.807) is 11.3 Å². The van der Waals surface area contributed by atoms with Gasteiger partial charge in [-0.2, -0.15) is 0 Å². The van der Waals surface area contributed by atoms with Crippen molar-refractivity contribution in [2.75, 3.05) is 19.0 Å². The van der Waals surface area contributed by atoms with Gasteiger partial charge in [0.1, 0.15) is 0 Å². The molecular formula is C23H37N3O3S. The molecule has 1 amide bonds. The van der Waals surface area contributed by atoms with Gasteiger partial charge >= 0.3 is 0 Å². The standard InChI is InChI=1S/C23H37N3O3S/c1-22-10-9-18(28)23(2,13-27)17(22)12-16-20(26-21(24-3)30-16)15(22)11-19(29)25-14-7-5-4-6-8-14/h14-15,17-18,27-28H,4-13H2,1-3H3,(H,24,26)(H,25,29)/t15-,17+,18-,22+,23+/m1/s1. The summed E-state index contributed by atoms with van der Waals surface area (Å²) >= 11 is 1.65. The van der Waals surface area contributed by atoms with Crippen LogP contribution in [-0.4, -0.2) is 46.9 Å². The molecule has 6 nitrogen and oxygen atoms in total. The molecule has 1 heterocycles. The number of carbonyl (C=O) groups excluding carboxylic acids is 1. The van der Waals surface area contributed by atoms with Crippen molar-refractivity contribution < 1.29 is 15.0 Å². The Balaban J connectivity index is 1.66. The molecule has 0 radical (unpaired) electrons. The summed E-state index contributed by atoms with van der Waals surface area (Å²) in [6.07, 6.45) is 8.05. The van der Waals surface area contributed by atoms with Crippen molar-refractivity contribution in [3.63, 3.8) is 0 Å².